The fourth-order valence-corrected chi connectivity index (χ4v) is 3.93. The van der Waals surface area contributed by atoms with Gasteiger partial charge in [-0.25, -0.2) is 0 Å². The molecule has 174 valence electrons. The maximum absolute atomic E-state index is 10.7. The maximum atomic E-state index is 10.7. The van der Waals surface area contributed by atoms with Crippen LogP contribution in [0.2, 0.25) is 5.02 Å². The first-order valence-electron chi connectivity index (χ1n) is 11.0. The summed E-state index contributed by atoms with van der Waals surface area (Å²) in [7, 11) is 0. The number of carbonyl (C=O) groups is 1. The predicted molar refractivity (Wildman–Crippen MR) is 130 cm³/mol. The van der Waals surface area contributed by atoms with Gasteiger partial charge in [0, 0.05) is 29.3 Å². The molecule has 0 aliphatic carbocycles. The number of aliphatic carboxylic acids is 1. The van der Waals surface area contributed by atoms with E-state index in [9.17, 15) is 4.79 Å². The van der Waals surface area contributed by atoms with E-state index in [0.717, 1.165) is 28.0 Å². The van der Waals surface area contributed by atoms with E-state index in [1.807, 2.05) is 37.3 Å². The third-order valence-electron chi connectivity index (χ3n) is 5.37. The van der Waals surface area contributed by atoms with E-state index in [4.69, 9.17) is 26.0 Å². The monoisotopic (exact) mass is 477 g/mol. The third kappa shape index (κ3) is 5.26. The van der Waals surface area contributed by atoms with Gasteiger partial charge < -0.3 is 14.4 Å². The molecular weight excluding hydrogens is 454 g/mol. The summed E-state index contributed by atoms with van der Waals surface area (Å²) in [5.41, 5.74) is 5.26. The Morgan fingerprint density at radius 2 is 1.94 bits per heavy atom. The van der Waals surface area contributed by atoms with E-state index < -0.39 is 5.97 Å². The molecule has 4 aromatic rings. The molecule has 0 saturated carbocycles. The summed E-state index contributed by atoms with van der Waals surface area (Å²) >= 11 is 6.35. The van der Waals surface area contributed by atoms with Crippen LogP contribution in [0.3, 0.4) is 0 Å². The van der Waals surface area contributed by atoms with Gasteiger partial charge in [0.15, 0.2) is 0 Å². The molecule has 0 fully saturated rings. The molecule has 0 saturated heterocycles. The molecule has 0 unspecified atom stereocenters. The highest BCUT2D eigenvalue weighted by Crippen LogP contribution is 2.36. The van der Waals surface area contributed by atoms with Crippen LogP contribution in [0.25, 0.3) is 34.0 Å². The number of aryl methyl sites for hydroxylation is 2. The minimum Gasteiger partial charge on any atom is -0.493 e. The fourth-order valence-electron chi connectivity index (χ4n) is 3.67. The average Bonchev–Trinajstić information content (AvgIpc) is 3.31. The molecule has 2 aromatic heterocycles. The van der Waals surface area contributed by atoms with Crippen molar-refractivity contribution >= 4 is 17.6 Å². The van der Waals surface area contributed by atoms with Crippen LogP contribution in [0, 0.1) is 6.92 Å². The van der Waals surface area contributed by atoms with Crippen LogP contribution in [0.1, 0.15) is 31.0 Å². The molecule has 0 aliphatic heterocycles. The molecule has 4 rings (SSSR count). The van der Waals surface area contributed by atoms with Crippen LogP contribution in [-0.2, 0) is 11.2 Å². The standard InChI is InChI=1S/C26H24ClN3O4/c1-3-33-23-14-17(11-12-20(23)19-8-5-4-7-16(19)2)26-29-25(30-34-26)18-13-21(27)22(28-15-18)9-6-10-24(31)32/h4-5,7-8,11-15H,3,6,9-10H2,1-2H3,(H,31,32). The number of pyridine rings is 1. The van der Waals surface area contributed by atoms with Crippen LogP contribution < -0.4 is 4.74 Å². The third-order valence-corrected chi connectivity index (χ3v) is 5.70. The lowest BCUT2D eigenvalue weighted by Gasteiger charge is -2.13. The Morgan fingerprint density at radius 1 is 1.12 bits per heavy atom. The van der Waals surface area contributed by atoms with E-state index in [1.54, 1.807) is 12.3 Å². The number of hydrogen-bond acceptors (Lipinski definition) is 6. The van der Waals surface area contributed by atoms with Gasteiger partial charge in [0.1, 0.15) is 5.75 Å². The summed E-state index contributed by atoms with van der Waals surface area (Å²) in [6.45, 7) is 4.54. The van der Waals surface area contributed by atoms with Crippen LogP contribution in [0.4, 0.5) is 0 Å². The maximum Gasteiger partial charge on any atom is 0.303 e. The van der Waals surface area contributed by atoms with Crippen molar-refractivity contribution < 1.29 is 19.2 Å². The molecule has 0 spiro atoms. The SMILES string of the molecule is CCOc1cc(-c2nc(-c3cnc(CCCC(=O)O)c(Cl)c3)no2)ccc1-c1ccccc1C. The van der Waals surface area contributed by atoms with Crippen molar-refractivity contribution in [2.75, 3.05) is 6.61 Å². The Balaban J connectivity index is 1.59. The first-order valence-corrected chi connectivity index (χ1v) is 11.4. The van der Waals surface area contributed by atoms with Crippen LogP contribution in [0.15, 0.2) is 59.3 Å². The molecule has 34 heavy (non-hydrogen) atoms. The van der Waals surface area contributed by atoms with Crippen molar-refractivity contribution in [3.05, 3.63) is 71.0 Å². The van der Waals surface area contributed by atoms with Gasteiger partial charge in [-0.1, -0.05) is 41.0 Å². The first-order chi connectivity index (χ1) is 16.5. The second kappa shape index (κ2) is 10.5. The number of hydrogen-bond donors (Lipinski definition) is 1. The second-order valence-corrected chi connectivity index (χ2v) is 8.19. The minimum absolute atomic E-state index is 0.0698. The highest BCUT2D eigenvalue weighted by atomic mass is 35.5. The molecule has 8 heteroatoms. The number of ether oxygens (including phenoxy) is 1. The Kier molecular flexibility index (Phi) is 7.23. The number of halogens is 1. The van der Waals surface area contributed by atoms with E-state index in [2.05, 4.69) is 34.2 Å². The van der Waals surface area contributed by atoms with Crippen molar-refractivity contribution in [3.63, 3.8) is 0 Å². The Morgan fingerprint density at radius 3 is 2.68 bits per heavy atom. The zero-order valence-corrected chi connectivity index (χ0v) is 19.7. The quantitative estimate of drug-likeness (QED) is 0.305. The summed E-state index contributed by atoms with van der Waals surface area (Å²) in [5.74, 6) is 0.618. The van der Waals surface area contributed by atoms with Crippen molar-refractivity contribution in [3.8, 4) is 39.7 Å². The minimum atomic E-state index is -0.841. The molecule has 1 N–H and O–H groups in total. The van der Waals surface area contributed by atoms with Crippen LogP contribution >= 0.6 is 11.6 Å². The zero-order chi connectivity index (χ0) is 24.1. The smallest absolute Gasteiger partial charge is 0.303 e. The van der Waals surface area contributed by atoms with Crippen molar-refractivity contribution in [2.24, 2.45) is 0 Å². The molecule has 0 bridgehead atoms. The lowest BCUT2D eigenvalue weighted by molar-refractivity contribution is -0.137. The number of carboxylic acid groups (broad SMARTS) is 1. The molecule has 2 heterocycles. The summed E-state index contributed by atoms with van der Waals surface area (Å²) < 4.78 is 11.4. The molecule has 0 atom stereocenters. The molecule has 0 radical (unpaired) electrons. The second-order valence-electron chi connectivity index (χ2n) is 7.78. The molecule has 2 aromatic carbocycles. The van der Waals surface area contributed by atoms with Gasteiger partial charge in [-0.2, -0.15) is 4.98 Å². The lowest BCUT2D eigenvalue weighted by Crippen LogP contribution is -1.98. The van der Waals surface area contributed by atoms with Gasteiger partial charge in [0.2, 0.25) is 5.82 Å². The number of benzene rings is 2. The Hall–Kier alpha value is -3.71. The van der Waals surface area contributed by atoms with Gasteiger partial charge in [-0.3, -0.25) is 9.78 Å². The largest absolute Gasteiger partial charge is 0.493 e. The fraction of sp³-hybridized carbons (Fsp3) is 0.231. The summed E-state index contributed by atoms with van der Waals surface area (Å²) in [4.78, 5) is 19.6. The number of carboxylic acids is 1. The highest BCUT2D eigenvalue weighted by molar-refractivity contribution is 6.31. The molecule has 0 aliphatic rings. The summed E-state index contributed by atoms with van der Waals surface area (Å²) in [5, 5.41) is 13.3. The van der Waals surface area contributed by atoms with Gasteiger partial charge in [0.25, 0.3) is 5.89 Å². The van der Waals surface area contributed by atoms with Gasteiger partial charge in [0.05, 0.1) is 17.3 Å². The molecule has 0 amide bonds. The summed E-state index contributed by atoms with van der Waals surface area (Å²) in [6.07, 6.45) is 2.63. The highest BCUT2D eigenvalue weighted by Gasteiger charge is 2.16. The predicted octanol–water partition coefficient (Wildman–Crippen LogP) is 6.23. The lowest BCUT2D eigenvalue weighted by atomic mass is 9.98. The van der Waals surface area contributed by atoms with E-state index in [-0.39, 0.29) is 6.42 Å². The van der Waals surface area contributed by atoms with Gasteiger partial charge in [-0.05, 0) is 62.1 Å². The van der Waals surface area contributed by atoms with Crippen LogP contribution in [0.5, 0.6) is 5.75 Å². The van der Waals surface area contributed by atoms with E-state index >= 15 is 0 Å². The Labute approximate surface area is 202 Å². The summed E-state index contributed by atoms with van der Waals surface area (Å²) in [6, 6.07) is 15.7. The van der Waals surface area contributed by atoms with Gasteiger partial charge >= 0.3 is 5.97 Å². The molecule has 7 nitrogen and oxygen atoms in total. The van der Waals surface area contributed by atoms with Crippen molar-refractivity contribution in [1.82, 2.24) is 15.1 Å². The van der Waals surface area contributed by atoms with Gasteiger partial charge in [-0.15, -0.1) is 0 Å². The molecular formula is C26H24ClN3O4. The average molecular weight is 478 g/mol. The first kappa shape index (κ1) is 23.4. The number of nitrogens with zero attached hydrogens (tertiary/aromatic N) is 3. The van der Waals surface area contributed by atoms with E-state index in [0.29, 0.717) is 47.4 Å². The zero-order valence-electron chi connectivity index (χ0n) is 18.9. The number of aromatic nitrogens is 3. The van der Waals surface area contributed by atoms with E-state index in [1.165, 1.54) is 0 Å². The number of rotatable bonds is 9. The normalized spacial score (nSPS) is 10.9. The van der Waals surface area contributed by atoms with Crippen molar-refractivity contribution in [2.45, 2.75) is 33.1 Å². The van der Waals surface area contributed by atoms with Crippen molar-refractivity contribution in [1.29, 1.82) is 0 Å². The Bertz CT molecular complexity index is 1320. The van der Waals surface area contributed by atoms with Crippen LogP contribution in [-0.4, -0.2) is 32.8 Å². The topological polar surface area (TPSA) is 98.3 Å².